The molecule has 3 aromatic carbocycles. The highest BCUT2D eigenvalue weighted by Gasteiger charge is 2.70. The highest BCUT2D eigenvalue weighted by Crippen LogP contribution is 2.64. The number of fused-ring (bicyclic) bond motifs is 4. The molecule has 4 aliphatic rings. The smallest absolute Gasteiger partial charge is 0.260 e. The normalized spacial score (nSPS) is 29.9. The first kappa shape index (κ1) is 26.5. The SMILES string of the molecule is Cc1ccc(NN2C(=O)C3CC4C(=CCC5C(=O)NC(=O)C54)C(c4ccc(O)cc4Cl)C3(c3ccccc3)C2=O)cc1. The number of carbonyl (C=O) groups is 4. The number of aromatic hydroxyl groups is 1. The van der Waals surface area contributed by atoms with Crippen molar-refractivity contribution >= 4 is 40.9 Å². The predicted octanol–water partition coefficient (Wildman–Crippen LogP) is 4.63. The van der Waals surface area contributed by atoms with E-state index in [1.807, 2.05) is 67.6 Å². The fourth-order valence-electron chi connectivity index (χ4n) is 7.75. The van der Waals surface area contributed by atoms with Gasteiger partial charge in [-0.1, -0.05) is 77.3 Å². The van der Waals surface area contributed by atoms with Crippen LogP contribution in [-0.2, 0) is 24.6 Å². The molecule has 1 saturated carbocycles. The minimum atomic E-state index is -1.40. The molecule has 6 atom stereocenters. The summed E-state index contributed by atoms with van der Waals surface area (Å²) < 4.78 is 0. The number of phenols is 1. The van der Waals surface area contributed by atoms with Crippen LogP contribution in [0.25, 0.3) is 0 Å². The number of aryl methyl sites for hydroxylation is 1. The van der Waals surface area contributed by atoms with Gasteiger partial charge in [0.25, 0.3) is 11.8 Å². The van der Waals surface area contributed by atoms with Gasteiger partial charge in [-0.2, -0.15) is 5.01 Å². The standard InChI is InChI=1S/C33H28ClN3O5/c1-17-7-9-19(10-8-17)36-37-31(41)25-16-24-21(13-14-23-27(24)30(40)35-29(23)39)28(22-12-11-20(38)15-26(22)34)33(25,32(37)42)18-5-3-2-4-6-18/h2-13,15,23-25,27-28,36,38H,14,16H2,1H3,(H,35,39,40). The number of carbonyl (C=O) groups excluding carboxylic acids is 4. The van der Waals surface area contributed by atoms with Crippen molar-refractivity contribution in [1.29, 1.82) is 0 Å². The van der Waals surface area contributed by atoms with Gasteiger partial charge in [-0.3, -0.25) is 29.9 Å². The number of hydrogen-bond donors (Lipinski definition) is 3. The van der Waals surface area contributed by atoms with E-state index < -0.39 is 46.8 Å². The third-order valence-electron chi connectivity index (χ3n) is 9.53. The zero-order chi connectivity index (χ0) is 29.3. The van der Waals surface area contributed by atoms with Crippen LogP contribution in [-0.4, -0.2) is 33.7 Å². The van der Waals surface area contributed by atoms with Gasteiger partial charge in [0.2, 0.25) is 11.8 Å². The lowest BCUT2D eigenvalue weighted by atomic mass is 9.49. The van der Waals surface area contributed by atoms with E-state index in [9.17, 15) is 24.3 Å². The Hall–Kier alpha value is -4.43. The number of halogens is 1. The van der Waals surface area contributed by atoms with Crippen LogP contribution in [0.2, 0.25) is 5.02 Å². The summed E-state index contributed by atoms with van der Waals surface area (Å²) in [5.41, 5.74) is 5.32. The second-order valence-corrected chi connectivity index (χ2v) is 12.1. The Morgan fingerprint density at radius 1 is 0.952 bits per heavy atom. The van der Waals surface area contributed by atoms with Crippen LogP contribution >= 0.6 is 11.6 Å². The second-order valence-electron chi connectivity index (χ2n) is 11.7. The zero-order valence-corrected chi connectivity index (χ0v) is 23.5. The molecular weight excluding hydrogens is 554 g/mol. The molecule has 2 aliphatic carbocycles. The molecule has 3 aromatic rings. The van der Waals surface area contributed by atoms with Crippen LogP contribution in [0, 0.1) is 30.6 Å². The average molecular weight is 582 g/mol. The van der Waals surface area contributed by atoms with Crippen molar-refractivity contribution < 1.29 is 24.3 Å². The van der Waals surface area contributed by atoms with Gasteiger partial charge in [0.1, 0.15) is 5.75 Å². The molecular formula is C33H28ClN3O5. The fourth-order valence-corrected chi connectivity index (χ4v) is 8.04. The molecule has 0 bridgehead atoms. The summed E-state index contributed by atoms with van der Waals surface area (Å²) in [4.78, 5) is 55.2. The third-order valence-corrected chi connectivity index (χ3v) is 9.86. The van der Waals surface area contributed by atoms with Crippen molar-refractivity contribution in [2.45, 2.75) is 31.1 Å². The summed E-state index contributed by atoms with van der Waals surface area (Å²) in [6.07, 6.45) is 2.52. The number of anilines is 1. The molecule has 4 amide bonds. The number of nitrogens with one attached hydrogen (secondary N) is 2. The highest BCUT2D eigenvalue weighted by atomic mass is 35.5. The van der Waals surface area contributed by atoms with Crippen LogP contribution in [0.3, 0.4) is 0 Å². The number of hydrazine groups is 1. The molecule has 212 valence electrons. The average Bonchev–Trinajstić information content (AvgIpc) is 3.39. The van der Waals surface area contributed by atoms with E-state index in [0.717, 1.165) is 16.1 Å². The van der Waals surface area contributed by atoms with Gasteiger partial charge in [0.15, 0.2) is 0 Å². The van der Waals surface area contributed by atoms with E-state index in [2.05, 4.69) is 10.7 Å². The third kappa shape index (κ3) is 3.67. The van der Waals surface area contributed by atoms with Crippen molar-refractivity contribution in [3.8, 4) is 5.75 Å². The molecule has 2 aliphatic heterocycles. The summed E-state index contributed by atoms with van der Waals surface area (Å²) in [7, 11) is 0. The van der Waals surface area contributed by atoms with Gasteiger partial charge >= 0.3 is 0 Å². The number of hydrogen-bond acceptors (Lipinski definition) is 6. The number of allylic oxidation sites excluding steroid dienone is 2. The van der Waals surface area contributed by atoms with Crippen molar-refractivity contribution in [2.75, 3.05) is 5.43 Å². The summed E-state index contributed by atoms with van der Waals surface area (Å²) in [5, 5.41) is 14.1. The van der Waals surface area contributed by atoms with Gasteiger partial charge in [-0.05, 0) is 61.1 Å². The second kappa shape index (κ2) is 9.56. The number of benzene rings is 3. The topological polar surface area (TPSA) is 116 Å². The fraction of sp³-hybridized carbons (Fsp3) is 0.273. The highest BCUT2D eigenvalue weighted by molar-refractivity contribution is 6.31. The molecule has 9 heteroatoms. The molecule has 42 heavy (non-hydrogen) atoms. The summed E-state index contributed by atoms with van der Waals surface area (Å²) in [6.45, 7) is 1.95. The monoisotopic (exact) mass is 581 g/mol. The van der Waals surface area contributed by atoms with Gasteiger partial charge in [-0.15, -0.1) is 0 Å². The Balaban J connectivity index is 1.47. The maximum Gasteiger partial charge on any atom is 0.260 e. The Labute approximate surface area is 247 Å². The summed E-state index contributed by atoms with van der Waals surface area (Å²) >= 11 is 6.82. The Morgan fingerprint density at radius 3 is 2.40 bits per heavy atom. The van der Waals surface area contributed by atoms with Crippen molar-refractivity contribution in [3.63, 3.8) is 0 Å². The van der Waals surface area contributed by atoms with E-state index in [4.69, 9.17) is 11.6 Å². The number of rotatable bonds is 4. The van der Waals surface area contributed by atoms with Crippen LogP contribution in [0.5, 0.6) is 5.75 Å². The van der Waals surface area contributed by atoms with Gasteiger partial charge in [-0.25, -0.2) is 0 Å². The summed E-state index contributed by atoms with van der Waals surface area (Å²) in [6, 6.07) is 21.3. The molecule has 0 spiro atoms. The molecule has 2 saturated heterocycles. The quantitative estimate of drug-likeness (QED) is 0.306. The first-order chi connectivity index (χ1) is 20.2. The maximum atomic E-state index is 14.9. The number of imide groups is 2. The number of phenolic OH excluding ortho intramolecular Hbond substituents is 1. The first-order valence-electron chi connectivity index (χ1n) is 14.0. The maximum absolute atomic E-state index is 14.9. The van der Waals surface area contributed by atoms with Crippen molar-refractivity contribution in [2.24, 2.45) is 23.7 Å². The van der Waals surface area contributed by atoms with E-state index >= 15 is 0 Å². The molecule has 0 aromatic heterocycles. The number of nitrogens with zero attached hydrogens (tertiary/aromatic N) is 1. The molecule has 3 N–H and O–H groups in total. The van der Waals surface area contributed by atoms with Crippen LogP contribution in [0.1, 0.15) is 35.4 Å². The molecule has 7 rings (SSSR count). The van der Waals surface area contributed by atoms with E-state index in [0.29, 0.717) is 23.2 Å². The van der Waals surface area contributed by atoms with Gasteiger partial charge in [0, 0.05) is 10.9 Å². The minimum Gasteiger partial charge on any atom is -0.508 e. The van der Waals surface area contributed by atoms with Crippen molar-refractivity contribution in [1.82, 2.24) is 10.3 Å². The van der Waals surface area contributed by atoms with Crippen LogP contribution < -0.4 is 10.7 Å². The lowest BCUT2D eigenvalue weighted by Crippen LogP contribution is -2.53. The summed E-state index contributed by atoms with van der Waals surface area (Å²) in [5.74, 6) is -4.74. The Kier molecular flexibility index (Phi) is 6.02. The van der Waals surface area contributed by atoms with Crippen LogP contribution in [0.15, 0.2) is 84.4 Å². The van der Waals surface area contributed by atoms with E-state index in [-0.39, 0.29) is 29.0 Å². The number of amides is 4. The largest absolute Gasteiger partial charge is 0.508 e. The minimum absolute atomic E-state index is 0.0311. The lowest BCUT2D eigenvalue weighted by molar-refractivity contribution is -0.138. The van der Waals surface area contributed by atoms with E-state index in [1.54, 1.807) is 6.07 Å². The molecule has 8 nitrogen and oxygen atoms in total. The zero-order valence-electron chi connectivity index (χ0n) is 22.7. The van der Waals surface area contributed by atoms with Gasteiger partial charge < -0.3 is 5.11 Å². The van der Waals surface area contributed by atoms with Gasteiger partial charge in [0.05, 0.1) is 28.9 Å². The van der Waals surface area contributed by atoms with E-state index in [1.165, 1.54) is 12.1 Å². The Morgan fingerprint density at radius 2 is 1.69 bits per heavy atom. The predicted molar refractivity (Wildman–Crippen MR) is 155 cm³/mol. The van der Waals surface area contributed by atoms with Crippen LogP contribution in [0.4, 0.5) is 5.69 Å². The lowest BCUT2D eigenvalue weighted by Gasteiger charge is -2.50. The molecule has 0 radical (unpaired) electrons. The molecule has 3 fully saturated rings. The first-order valence-corrected chi connectivity index (χ1v) is 14.4. The molecule has 2 heterocycles. The Bertz CT molecular complexity index is 1690. The molecule has 6 unspecified atom stereocenters. The van der Waals surface area contributed by atoms with Crippen molar-refractivity contribution in [3.05, 3.63) is 106 Å².